The Balaban J connectivity index is 1.58. The third-order valence-corrected chi connectivity index (χ3v) is 13.6. The highest BCUT2D eigenvalue weighted by Gasteiger charge is 2.22. The van der Waals surface area contributed by atoms with Crippen LogP contribution in [0.2, 0.25) is 0 Å². The Bertz CT molecular complexity index is 1950. The molecule has 0 saturated carbocycles. The van der Waals surface area contributed by atoms with Crippen LogP contribution in [0.15, 0.2) is 46.0 Å². The molecule has 47 heavy (non-hydrogen) atoms. The van der Waals surface area contributed by atoms with E-state index in [0.29, 0.717) is 23.0 Å². The molecule has 2 atom stereocenters. The summed E-state index contributed by atoms with van der Waals surface area (Å²) in [6, 6.07) is 12.8. The van der Waals surface area contributed by atoms with Crippen molar-refractivity contribution < 1.29 is 0 Å². The van der Waals surface area contributed by atoms with Crippen LogP contribution in [0.5, 0.6) is 0 Å². The Morgan fingerprint density at radius 1 is 0.638 bits per heavy atom. The fourth-order valence-electron chi connectivity index (χ4n) is 6.86. The molecule has 2 unspecified atom stereocenters. The molecule has 0 aromatic carbocycles. The van der Waals surface area contributed by atoms with E-state index in [1.54, 1.807) is 31.8 Å². The minimum absolute atomic E-state index is 0.0174. The first-order valence-corrected chi connectivity index (χ1v) is 20.1. The van der Waals surface area contributed by atoms with Gasteiger partial charge in [-0.3, -0.25) is 9.59 Å². The van der Waals surface area contributed by atoms with Crippen molar-refractivity contribution in [1.29, 1.82) is 0 Å². The molecule has 0 amide bonds. The van der Waals surface area contributed by atoms with E-state index in [1.807, 2.05) is 37.6 Å². The molecule has 4 nitrogen and oxygen atoms in total. The third-order valence-electron chi connectivity index (χ3n) is 10.0. The van der Waals surface area contributed by atoms with Gasteiger partial charge in [0, 0.05) is 43.4 Å². The van der Waals surface area contributed by atoms with Gasteiger partial charge in [0.1, 0.15) is 0 Å². The summed E-state index contributed by atoms with van der Waals surface area (Å²) in [5.74, 6) is 1.29. The molecule has 7 heteroatoms. The van der Waals surface area contributed by atoms with E-state index >= 15 is 0 Å². The molecule has 0 aliphatic heterocycles. The Morgan fingerprint density at radius 2 is 1.15 bits per heavy atom. The van der Waals surface area contributed by atoms with E-state index in [-0.39, 0.29) is 11.1 Å². The van der Waals surface area contributed by atoms with Crippen LogP contribution in [0.1, 0.15) is 99.9 Å². The van der Waals surface area contributed by atoms with Gasteiger partial charge in [-0.15, -0.1) is 34.0 Å². The maximum absolute atomic E-state index is 14.1. The summed E-state index contributed by atoms with van der Waals surface area (Å²) < 4.78 is 3.49. The van der Waals surface area contributed by atoms with Crippen LogP contribution in [0.3, 0.4) is 0 Å². The second-order valence-corrected chi connectivity index (χ2v) is 17.0. The van der Waals surface area contributed by atoms with Crippen molar-refractivity contribution in [3.63, 3.8) is 0 Å². The molecule has 0 aliphatic carbocycles. The van der Waals surface area contributed by atoms with Gasteiger partial charge in [-0.05, 0) is 86.1 Å². The molecular formula is C40H52N2O2S3. The van der Waals surface area contributed by atoms with Gasteiger partial charge in [-0.25, -0.2) is 0 Å². The zero-order valence-corrected chi connectivity index (χ0v) is 32.1. The predicted molar refractivity (Wildman–Crippen MR) is 208 cm³/mol. The van der Waals surface area contributed by atoms with E-state index in [9.17, 15) is 9.59 Å². The molecule has 5 aromatic heterocycles. The number of aryl methyl sites for hydroxylation is 4. The smallest absolute Gasteiger partial charge is 0.259 e. The Hall–Kier alpha value is -2.74. The summed E-state index contributed by atoms with van der Waals surface area (Å²) in [6.45, 7) is 13.4. The van der Waals surface area contributed by atoms with Gasteiger partial charge in [-0.1, -0.05) is 79.1 Å². The van der Waals surface area contributed by atoms with Gasteiger partial charge in [0.25, 0.3) is 11.1 Å². The van der Waals surface area contributed by atoms with E-state index in [2.05, 4.69) is 65.8 Å². The molecule has 5 aromatic rings. The fourth-order valence-corrected chi connectivity index (χ4v) is 10.1. The van der Waals surface area contributed by atoms with Crippen LogP contribution in [0.4, 0.5) is 0 Å². The SMILES string of the molecule is CCCCC(CC)Cc1cc(-c2cc3c(cc(-c4cc(CC(CC)CCCC)c(-c5ccc(C)s5)s4)c(=O)n3C)n(C)c2=O)sc1C. The highest BCUT2D eigenvalue weighted by molar-refractivity contribution is 7.24. The number of thiophene rings is 3. The van der Waals surface area contributed by atoms with E-state index in [1.165, 1.54) is 75.6 Å². The largest absolute Gasteiger partial charge is 0.309 e. The summed E-state index contributed by atoms with van der Waals surface area (Å²) in [5, 5.41) is 0. The number of hydrogen-bond acceptors (Lipinski definition) is 5. The van der Waals surface area contributed by atoms with Crippen LogP contribution in [0.25, 0.3) is 41.7 Å². The molecule has 0 radical (unpaired) electrons. The number of unbranched alkanes of at least 4 members (excludes halogenated alkanes) is 2. The average Bonchev–Trinajstić information content (AvgIpc) is 3.78. The third kappa shape index (κ3) is 7.63. The van der Waals surface area contributed by atoms with Crippen molar-refractivity contribution >= 4 is 45.0 Å². The van der Waals surface area contributed by atoms with Crippen molar-refractivity contribution in [1.82, 2.24) is 9.13 Å². The van der Waals surface area contributed by atoms with Crippen molar-refractivity contribution in [2.45, 2.75) is 106 Å². The maximum atomic E-state index is 14.1. The van der Waals surface area contributed by atoms with E-state index in [0.717, 1.165) is 40.1 Å². The Morgan fingerprint density at radius 3 is 1.64 bits per heavy atom. The number of rotatable bonds is 15. The Kier molecular flexibility index (Phi) is 11.8. The minimum atomic E-state index is -0.0217. The van der Waals surface area contributed by atoms with Crippen molar-refractivity contribution in [2.75, 3.05) is 0 Å². The summed E-state index contributed by atoms with van der Waals surface area (Å²) >= 11 is 5.25. The number of pyridine rings is 2. The lowest BCUT2D eigenvalue weighted by Gasteiger charge is -2.14. The summed E-state index contributed by atoms with van der Waals surface area (Å²) in [5.41, 5.74) is 5.57. The molecule has 0 N–H and O–H groups in total. The van der Waals surface area contributed by atoms with Crippen LogP contribution in [0, 0.1) is 25.7 Å². The quantitative estimate of drug-likeness (QED) is 0.110. The predicted octanol–water partition coefficient (Wildman–Crippen LogP) is 11.6. The maximum Gasteiger partial charge on any atom is 0.259 e. The van der Waals surface area contributed by atoms with Crippen LogP contribution in [-0.4, -0.2) is 9.13 Å². The normalized spacial score (nSPS) is 13.1. The van der Waals surface area contributed by atoms with Gasteiger partial charge in [0.05, 0.1) is 22.2 Å². The lowest BCUT2D eigenvalue weighted by molar-refractivity contribution is 0.449. The van der Waals surface area contributed by atoms with Crippen molar-refractivity contribution in [3.05, 3.63) is 78.0 Å². The molecule has 5 rings (SSSR count). The highest BCUT2D eigenvalue weighted by atomic mass is 32.1. The van der Waals surface area contributed by atoms with Gasteiger partial charge < -0.3 is 9.13 Å². The fraction of sp³-hybridized carbons (Fsp3) is 0.500. The zero-order chi connectivity index (χ0) is 33.8. The van der Waals surface area contributed by atoms with Gasteiger partial charge in [-0.2, -0.15) is 0 Å². The average molecular weight is 689 g/mol. The molecule has 0 saturated heterocycles. The van der Waals surface area contributed by atoms with Crippen molar-refractivity contribution in [2.24, 2.45) is 25.9 Å². The Labute approximate surface area is 293 Å². The highest BCUT2D eigenvalue weighted by Crippen LogP contribution is 2.42. The number of fused-ring (bicyclic) bond motifs is 1. The number of aromatic nitrogens is 2. The lowest BCUT2D eigenvalue weighted by Crippen LogP contribution is -2.24. The lowest BCUT2D eigenvalue weighted by atomic mass is 9.91. The first-order chi connectivity index (χ1) is 22.6. The molecule has 252 valence electrons. The number of nitrogens with zero attached hydrogens (tertiary/aromatic N) is 2. The molecule has 0 aliphatic rings. The van der Waals surface area contributed by atoms with E-state index in [4.69, 9.17) is 0 Å². The minimum Gasteiger partial charge on any atom is -0.309 e. The molecular weight excluding hydrogens is 637 g/mol. The molecule has 5 heterocycles. The zero-order valence-electron chi connectivity index (χ0n) is 29.6. The second kappa shape index (κ2) is 15.7. The topological polar surface area (TPSA) is 44.0 Å². The summed E-state index contributed by atoms with van der Waals surface area (Å²) in [7, 11) is 3.70. The summed E-state index contributed by atoms with van der Waals surface area (Å²) in [6.07, 6.45) is 11.8. The standard InChI is InChI=1S/C40H52N2O2S3/c1-9-13-15-27(11-3)19-29-21-36(46-26(29)6)31-23-33-34(41(7)39(31)43)24-32(40(44)42(33)8)37-22-30(20-28(12-4)16-14-10-2)38(47-37)35-18-17-25(5)45-35/h17-18,21-24,27-28H,9-16,19-20H2,1-8H3. The van der Waals surface area contributed by atoms with Crippen LogP contribution in [-0.2, 0) is 26.9 Å². The molecule has 0 spiro atoms. The van der Waals surface area contributed by atoms with Gasteiger partial charge >= 0.3 is 0 Å². The molecule has 0 bridgehead atoms. The first kappa shape index (κ1) is 35.6. The van der Waals surface area contributed by atoms with Crippen molar-refractivity contribution in [3.8, 4) is 30.6 Å². The van der Waals surface area contributed by atoms with Crippen LogP contribution >= 0.6 is 34.0 Å². The van der Waals surface area contributed by atoms with Gasteiger partial charge in [0.2, 0.25) is 0 Å². The first-order valence-electron chi connectivity index (χ1n) is 17.6. The van der Waals surface area contributed by atoms with E-state index < -0.39 is 0 Å². The number of hydrogen-bond donors (Lipinski definition) is 0. The van der Waals surface area contributed by atoms with Crippen LogP contribution < -0.4 is 11.1 Å². The monoisotopic (exact) mass is 688 g/mol. The molecule has 0 fully saturated rings. The summed E-state index contributed by atoms with van der Waals surface area (Å²) in [4.78, 5) is 35.1. The van der Waals surface area contributed by atoms with Gasteiger partial charge in [0.15, 0.2) is 0 Å². The second-order valence-electron chi connectivity index (χ2n) is 13.4.